The van der Waals surface area contributed by atoms with Crippen molar-refractivity contribution in [2.75, 3.05) is 0 Å². The second-order valence-corrected chi connectivity index (χ2v) is 3.06. The van der Waals surface area contributed by atoms with Crippen LogP contribution >= 0.6 is 0 Å². The highest BCUT2D eigenvalue weighted by Crippen LogP contribution is 2.06. The van der Waals surface area contributed by atoms with Gasteiger partial charge in [0.15, 0.2) is 5.78 Å². The number of aliphatic hydroxyl groups excluding tert-OH is 1. The van der Waals surface area contributed by atoms with Crippen molar-refractivity contribution in [2.24, 2.45) is 0 Å². The molecule has 1 unspecified atom stereocenters. The molecule has 1 N–H and O–H groups in total. The highest BCUT2D eigenvalue weighted by Gasteiger charge is 2.09. The Hall–Kier alpha value is -1.15. The summed E-state index contributed by atoms with van der Waals surface area (Å²) in [6.07, 6.45) is 0.340. The number of hydrogen-bond acceptors (Lipinski definition) is 2. The molecule has 0 aliphatic heterocycles. The van der Waals surface area contributed by atoms with E-state index in [1.807, 2.05) is 25.1 Å². The van der Waals surface area contributed by atoms with Crippen LogP contribution in [0.2, 0.25) is 0 Å². The molecule has 0 radical (unpaired) electrons. The average Bonchev–Trinajstić information content (AvgIpc) is 2.19. The van der Waals surface area contributed by atoms with Gasteiger partial charge in [-0.05, 0) is 6.42 Å². The van der Waals surface area contributed by atoms with Gasteiger partial charge in [0.1, 0.15) is 0 Å². The quantitative estimate of drug-likeness (QED) is 0.716. The van der Waals surface area contributed by atoms with Crippen LogP contribution in [0.25, 0.3) is 0 Å². The molecular formula is C11H14O2. The molecule has 0 aliphatic rings. The van der Waals surface area contributed by atoms with Crippen LogP contribution in [0.5, 0.6) is 0 Å². The Bertz CT molecular complexity index is 267. The summed E-state index contributed by atoms with van der Waals surface area (Å²) in [5.41, 5.74) is 0.676. The summed E-state index contributed by atoms with van der Waals surface area (Å²) in [4.78, 5) is 11.5. The monoisotopic (exact) mass is 178 g/mol. The zero-order chi connectivity index (χ0) is 9.68. The first kappa shape index (κ1) is 9.93. The van der Waals surface area contributed by atoms with Crippen molar-refractivity contribution < 1.29 is 9.90 Å². The summed E-state index contributed by atoms with van der Waals surface area (Å²) in [6, 6.07) is 9.06. The number of carbonyl (C=O) groups is 1. The molecule has 2 heteroatoms. The van der Waals surface area contributed by atoms with Crippen LogP contribution in [-0.4, -0.2) is 17.0 Å². The van der Waals surface area contributed by atoms with Crippen LogP contribution < -0.4 is 0 Å². The topological polar surface area (TPSA) is 37.3 Å². The number of hydrogen-bond donors (Lipinski definition) is 1. The van der Waals surface area contributed by atoms with Crippen molar-refractivity contribution in [1.82, 2.24) is 0 Å². The van der Waals surface area contributed by atoms with E-state index in [1.54, 1.807) is 12.1 Å². The van der Waals surface area contributed by atoms with Gasteiger partial charge in [0.25, 0.3) is 0 Å². The van der Waals surface area contributed by atoms with E-state index >= 15 is 0 Å². The van der Waals surface area contributed by atoms with Crippen LogP contribution in [-0.2, 0) is 0 Å². The number of rotatable bonds is 4. The molecule has 0 heterocycles. The summed E-state index contributed by atoms with van der Waals surface area (Å²) in [5.74, 6) is 0.00921. The maximum Gasteiger partial charge on any atom is 0.165 e. The van der Waals surface area contributed by atoms with E-state index in [4.69, 9.17) is 0 Å². The molecule has 0 aliphatic carbocycles. The van der Waals surface area contributed by atoms with Gasteiger partial charge in [0.2, 0.25) is 0 Å². The van der Waals surface area contributed by atoms with E-state index in [2.05, 4.69) is 0 Å². The molecule has 0 saturated heterocycles. The highest BCUT2D eigenvalue weighted by atomic mass is 16.3. The van der Waals surface area contributed by atoms with Crippen LogP contribution in [0.15, 0.2) is 30.3 Å². The standard InChI is InChI=1S/C11H14O2/c1-2-10(12)8-11(13)9-6-4-3-5-7-9/h3-7,10,12H,2,8H2,1H3. The SMILES string of the molecule is CCC(O)CC(=O)c1ccccc1. The van der Waals surface area contributed by atoms with E-state index < -0.39 is 6.10 Å². The zero-order valence-electron chi connectivity index (χ0n) is 7.73. The minimum Gasteiger partial charge on any atom is -0.393 e. The molecule has 70 valence electrons. The van der Waals surface area contributed by atoms with E-state index in [-0.39, 0.29) is 12.2 Å². The molecule has 0 amide bonds. The average molecular weight is 178 g/mol. The second kappa shape index (κ2) is 4.77. The van der Waals surface area contributed by atoms with E-state index in [1.165, 1.54) is 0 Å². The molecule has 0 spiro atoms. The van der Waals surface area contributed by atoms with Gasteiger partial charge in [-0.15, -0.1) is 0 Å². The second-order valence-electron chi connectivity index (χ2n) is 3.06. The molecule has 0 saturated carbocycles. The fourth-order valence-corrected chi connectivity index (χ4v) is 1.10. The van der Waals surface area contributed by atoms with Gasteiger partial charge < -0.3 is 5.11 Å². The fourth-order valence-electron chi connectivity index (χ4n) is 1.10. The molecular weight excluding hydrogens is 164 g/mol. The van der Waals surface area contributed by atoms with Gasteiger partial charge in [0, 0.05) is 12.0 Å². The lowest BCUT2D eigenvalue weighted by atomic mass is 10.0. The van der Waals surface area contributed by atoms with Crippen molar-refractivity contribution in [2.45, 2.75) is 25.9 Å². The number of benzene rings is 1. The first-order valence-electron chi connectivity index (χ1n) is 4.50. The Labute approximate surface area is 78.2 Å². The predicted octanol–water partition coefficient (Wildman–Crippen LogP) is 2.03. The molecule has 1 aromatic carbocycles. The summed E-state index contributed by atoms with van der Waals surface area (Å²) in [6.45, 7) is 1.86. The van der Waals surface area contributed by atoms with Gasteiger partial charge in [-0.2, -0.15) is 0 Å². The first-order chi connectivity index (χ1) is 6.24. The van der Waals surface area contributed by atoms with E-state index in [0.29, 0.717) is 12.0 Å². The van der Waals surface area contributed by atoms with Crippen LogP contribution in [0.1, 0.15) is 30.1 Å². The van der Waals surface area contributed by atoms with Crippen LogP contribution in [0.3, 0.4) is 0 Å². The number of carbonyl (C=O) groups excluding carboxylic acids is 1. The van der Waals surface area contributed by atoms with Crippen LogP contribution in [0, 0.1) is 0 Å². The minimum absolute atomic E-state index is 0.00921. The summed E-state index contributed by atoms with van der Waals surface area (Å²) in [7, 11) is 0. The van der Waals surface area contributed by atoms with Gasteiger partial charge >= 0.3 is 0 Å². The number of ketones is 1. The van der Waals surface area contributed by atoms with Gasteiger partial charge in [-0.3, -0.25) is 4.79 Å². The Morgan fingerprint density at radius 1 is 1.38 bits per heavy atom. The van der Waals surface area contributed by atoms with Crippen molar-refractivity contribution in [1.29, 1.82) is 0 Å². The third kappa shape index (κ3) is 2.99. The van der Waals surface area contributed by atoms with Crippen molar-refractivity contribution >= 4 is 5.78 Å². The summed E-state index contributed by atoms with van der Waals surface area (Å²) in [5, 5.41) is 9.27. The Morgan fingerprint density at radius 3 is 2.54 bits per heavy atom. The molecule has 1 rings (SSSR count). The Morgan fingerprint density at radius 2 is 2.00 bits per heavy atom. The van der Waals surface area contributed by atoms with Crippen molar-refractivity contribution in [3.63, 3.8) is 0 Å². The lowest BCUT2D eigenvalue weighted by molar-refractivity contribution is 0.0875. The van der Waals surface area contributed by atoms with Crippen molar-refractivity contribution in [3.8, 4) is 0 Å². The van der Waals surface area contributed by atoms with Crippen molar-refractivity contribution in [3.05, 3.63) is 35.9 Å². The van der Waals surface area contributed by atoms with Crippen LogP contribution in [0.4, 0.5) is 0 Å². The molecule has 1 aromatic rings. The zero-order valence-corrected chi connectivity index (χ0v) is 7.73. The summed E-state index contributed by atoms with van der Waals surface area (Å²) >= 11 is 0. The van der Waals surface area contributed by atoms with Gasteiger partial charge in [-0.1, -0.05) is 37.3 Å². The lowest BCUT2D eigenvalue weighted by Gasteiger charge is -2.05. The normalized spacial score (nSPS) is 12.5. The molecule has 1 atom stereocenters. The smallest absolute Gasteiger partial charge is 0.165 e. The first-order valence-corrected chi connectivity index (χ1v) is 4.50. The number of Topliss-reactive ketones (excluding diaryl/α,β-unsaturated/α-hetero) is 1. The Balaban J connectivity index is 2.59. The maximum absolute atomic E-state index is 11.5. The molecule has 2 nitrogen and oxygen atoms in total. The van der Waals surface area contributed by atoms with E-state index in [0.717, 1.165) is 0 Å². The number of aliphatic hydroxyl groups is 1. The Kier molecular flexibility index (Phi) is 3.65. The minimum atomic E-state index is -0.507. The van der Waals surface area contributed by atoms with Gasteiger partial charge in [0.05, 0.1) is 6.10 Å². The predicted molar refractivity (Wildman–Crippen MR) is 51.7 cm³/mol. The maximum atomic E-state index is 11.5. The molecule has 0 bridgehead atoms. The van der Waals surface area contributed by atoms with E-state index in [9.17, 15) is 9.90 Å². The highest BCUT2D eigenvalue weighted by molar-refractivity contribution is 5.96. The molecule has 0 fully saturated rings. The third-order valence-corrected chi connectivity index (χ3v) is 1.99. The fraction of sp³-hybridized carbons (Fsp3) is 0.364. The summed E-state index contributed by atoms with van der Waals surface area (Å²) < 4.78 is 0. The largest absolute Gasteiger partial charge is 0.393 e. The molecule has 13 heavy (non-hydrogen) atoms. The molecule has 0 aromatic heterocycles. The third-order valence-electron chi connectivity index (χ3n) is 1.99. The van der Waals surface area contributed by atoms with Gasteiger partial charge in [-0.25, -0.2) is 0 Å². The lowest BCUT2D eigenvalue weighted by Crippen LogP contribution is -2.12.